The highest BCUT2D eigenvalue weighted by Crippen LogP contribution is 2.12. The lowest BCUT2D eigenvalue weighted by atomic mass is 9.96. The molecular weight excluding hydrogens is 312 g/mol. The second-order valence-electron chi connectivity index (χ2n) is 6.25. The molecule has 0 radical (unpaired) electrons. The van der Waals surface area contributed by atoms with Crippen LogP contribution in [0.3, 0.4) is 0 Å². The third kappa shape index (κ3) is 7.88. The first-order valence-corrected chi connectivity index (χ1v) is 8.25. The standard InChI is InChI=1S/C17H27ClN4O/c1-5-19-16(21-11-10-20-15(23)17(2,3)4)22-12-13-6-8-14(18)9-7-13/h6-9H,5,10-12H2,1-4H3,(H,20,23)(H2,19,21,22). The van der Waals surface area contributed by atoms with Gasteiger partial charge in [0.05, 0.1) is 6.54 Å². The number of nitrogens with zero attached hydrogens (tertiary/aromatic N) is 1. The van der Waals surface area contributed by atoms with Gasteiger partial charge in [-0.3, -0.25) is 4.79 Å². The fourth-order valence-corrected chi connectivity index (χ4v) is 1.85. The molecule has 0 aliphatic heterocycles. The van der Waals surface area contributed by atoms with Crippen LogP contribution in [0.15, 0.2) is 29.3 Å². The van der Waals surface area contributed by atoms with E-state index in [9.17, 15) is 4.79 Å². The van der Waals surface area contributed by atoms with E-state index in [1.54, 1.807) is 0 Å². The summed E-state index contributed by atoms with van der Waals surface area (Å²) >= 11 is 5.87. The smallest absolute Gasteiger partial charge is 0.225 e. The Hall–Kier alpha value is -1.75. The maximum Gasteiger partial charge on any atom is 0.225 e. The largest absolute Gasteiger partial charge is 0.357 e. The first kappa shape index (κ1) is 19.3. The van der Waals surface area contributed by atoms with Gasteiger partial charge < -0.3 is 16.0 Å². The quantitative estimate of drug-likeness (QED) is 0.424. The molecule has 1 rings (SSSR count). The van der Waals surface area contributed by atoms with Crippen LogP contribution in [0.4, 0.5) is 0 Å². The molecule has 5 nitrogen and oxygen atoms in total. The zero-order valence-electron chi connectivity index (χ0n) is 14.4. The number of guanidine groups is 1. The number of carbonyl (C=O) groups excluding carboxylic acids is 1. The number of amides is 1. The van der Waals surface area contributed by atoms with Gasteiger partial charge in [-0.05, 0) is 24.6 Å². The number of benzene rings is 1. The Morgan fingerprint density at radius 1 is 1.09 bits per heavy atom. The summed E-state index contributed by atoms with van der Waals surface area (Å²) in [6.45, 7) is 10.2. The summed E-state index contributed by atoms with van der Waals surface area (Å²) in [7, 11) is 0. The highest BCUT2D eigenvalue weighted by Gasteiger charge is 2.20. The number of rotatable bonds is 6. The monoisotopic (exact) mass is 338 g/mol. The average Bonchev–Trinajstić information content (AvgIpc) is 2.49. The van der Waals surface area contributed by atoms with Crippen LogP contribution in [0.2, 0.25) is 5.02 Å². The third-order valence-corrected chi connectivity index (χ3v) is 3.31. The molecule has 0 heterocycles. The number of halogens is 1. The molecule has 1 aromatic carbocycles. The molecule has 0 spiro atoms. The van der Waals surface area contributed by atoms with Crippen LogP contribution in [-0.2, 0) is 11.3 Å². The first-order chi connectivity index (χ1) is 10.8. The van der Waals surface area contributed by atoms with E-state index in [0.29, 0.717) is 19.6 Å². The third-order valence-electron chi connectivity index (χ3n) is 3.06. The van der Waals surface area contributed by atoms with Crippen molar-refractivity contribution in [3.05, 3.63) is 34.9 Å². The van der Waals surface area contributed by atoms with Crippen molar-refractivity contribution in [3.63, 3.8) is 0 Å². The fraction of sp³-hybridized carbons (Fsp3) is 0.529. The maximum atomic E-state index is 11.8. The molecule has 0 unspecified atom stereocenters. The average molecular weight is 339 g/mol. The van der Waals surface area contributed by atoms with Crippen molar-refractivity contribution in [2.75, 3.05) is 19.6 Å². The van der Waals surface area contributed by atoms with Crippen LogP contribution in [0.25, 0.3) is 0 Å². The molecule has 128 valence electrons. The molecular formula is C17H27ClN4O. The molecule has 1 amide bonds. The van der Waals surface area contributed by atoms with Crippen molar-refractivity contribution in [1.29, 1.82) is 0 Å². The van der Waals surface area contributed by atoms with Crippen molar-refractivity contribution < 1.29 is 4.79 Å². The molecule has 0 saturated carbocycles. The lowest BCUT2D eigenvalue weighted by Crippen LogP contribution is -2.43. The van der Waals surface area contributed by atoms with E-state index in [2.05, 4.69) is 20.9 Å². The normalized spacial score (nSPS) is 12.0. The van der Waals surface area contributed by atoms with Crippen molar-refractivity contribution in [2.24, 2.45) is 10.4 Å². The van der Waals surface area contributed by atoms with Gasteiger partial charge in [0.15, 0.2) is 5.96 Å². The Balaban J connectivity index is 2.43. The predicted molar refractivity (Wildman–Crippen MR) is 96.7 cm³/mol. The minimum absolute atomic E-state index is 0.0439. The second-order valence-corrected chi connectivity index (χ2v) is 6.69. The molecule has 0 fully saturated rings. The van der Waals surface area contributed by atoms with Crippen LogP contribution < -0.4 is 16.0 Å². The van der Waals surface area contributed by atoms with Crippen LogP contribution in [0, 0.1) is 5.41 Å². The SMILES string of the molecule is CCNC(=NCc1ccc(Cl)cc1)NCCNC(=O)C(C)(C)C. The van der Waals surface area contributed by atoms with E-state index >= 15 is 0 Å². The topological polar surface area (TPSA) is 65.5 Å². The van der Waals surface area contributed by atoms with E-state index in [1.165, 1.54) is 0 Å². The molecule has 0 aliphatic rings. The van der Waals surface area contributed by atoms with Crippen LogP contribution in [0.1, 0.15) is 33.3 Å². The van der Waals surface area contributed by atoms with Crippen molar-refractivity contribution in [1.82, 2.24) is 16.0 Å². The molecule has 0 aromatic heterocycles. The van der Waals surface area contributed by atoms with E-state index in [0.717, 1.165) is 23.1 Å². The van der Waals surface area contributed by atoms with Crippen LogP contribution in [0.5, 0.6) is 0 Å². The zero-order chi connectivity index (χ0) is 17.3. The van der Waals surface area contributed by atoms with Crippen LogP contribution >= 0.6 is 11.6 Å². The highest BCUT2D eigenvalue weighted by atomic mass is 35.5. The van der Waals surface area contributed by atoms with E-state index < -0.39 is 0 Å². The summed E-state index contributed by atoms with van der Waals surface area (Å²) < 4.78 is 0. The number of hydrogen-bond donors (Lipinski definition) is 3. The second kappa shape index (κ2) is 9.40. The highest BCUT2D eigenvalue weighted by molar-refractivity contribution is 6.30. The van der Waals surface area contributed by atoms with Crippen molar-refractivity contribution >= 4 is 23.5 Å². The van der Waals surface area contributed by atoms with E-state index in [4.69, 9.17) is 11.6 Å². The molecule has 6 heteroatoms. The lowest BCUT2D eigenvalue weighted by molar-refractivity contribution is -0.128. The molecule has 3 N–H and O–H groups in total. The summed E-state index contributed by atoms with van der Waals surface area (Å²) in [5, 5.41) is 10.0. The Kier molecular flexibility index (Phi) is 7.89. The Labute approximate surface area is 143 Å². The zero-order valence-corrected chi connectivity index (χ0v) is 15.1. The van der Waals surface area contributed by atoms with Gasteiger partial charge in [0.2, 0.25) is 5.91 Å². The van der Waals surface area contributed by atoms with Crippen molar-refractivity contribution in [3.8, 4) is 0 Å². The predicted octanol–water partition coefficient (Wildman–Crippen LogP) is 2.56. The van der Waals surface area contributed by atoms with Crippen LogP contribution in [-0.4, -0.2) is 31.5 Å². The first-order valence-electron chi connectivity index (χ1n) is 7.88. The van der Waals surface area contributed by atoms with Gasteiger partial charge in [0, 0.05) is 30.1 Å². The van der Waals surface area contributed by atoms with Gasteiger partial charge in [-0.15, -0.1) is 0 Å². The minimum Gasteiger partial charge on any atom is -0.357 e. The van der Waals surface area contributed by atoms with Gasteiger partial charge in [0.1, 0.15) is 0 Å². The van der Waals surface area contributed by atoms with E-state index in [1.807, 2.05) is 52.0 Å². The van der Waals surface area contributed by atoms with Gasteiger partial charge in [-0.25, -0.2) is 4.99 Å². The minimum atomic E-state index is -0.368. The summed E-state index contributed by atoms with van der Waals surface area (Å²) in [5.74, 6) is 0.773. The maximum absolute atomic E-state index is 11.8. The molecule has 1 aromatic rings. The molecule has 0 atom stereocenters. The lowest BCUT2D eigenvalue weighted by Gasteiger charge is -2.18. The van der Waals surface area contributed by atoms with Gasteiger partial charge in [-0.2, -0.15) is 0 Å². The van der Waals surface area contributed by atoms with Gasteiger partial charge >= 0.3 is 0 Å². The summed E-state index contributed by atoms with van der Waals surface area (Å²) in [5.41, 5.74) is 0.723. The summed E-state index contributed by atoms with van der Waals surface area (Å²) in [6, 6.07) is 7.63. The number of carbonyl (C=O) groups is 1. The van der Waals surface area contributed by atoms with E-state index in [-0.39, 0.29) is 11.3 Å². The fourth-order valence-electron chi connectivity index (χ4n) is 1.72. The van der Waals surface area contributed by atoms with Crippen molar-refractivity contribution in [2.45, 2.75) is 34.2 Å². The molecule has 0 saturated heterocycles. The molecule has 0 bridgehead atoms. The van der Waals surface area contributed by atoms with Gasteiger partial charge in [-0.1, -0.05) is 44.5 Å². The number of hydrogen-bond acceptors (Lipinski definition) is 2. The molecule has 0 aliphatic carbocycles. The summed E-state index contributed by atoms with van der Waals surface area (Å²) in [4.78, 5) is 16.3. The Morgan fingerprint density at radius 3 is 2.26 bits per heavy atom. The number of nitrogens with one attached hydrogen (secondary N) is 3. The number of aliphatic imine (C=N–C) groups is 1. The molecule has 23 heavy (non-hydrogen) atoms. The summed E-state index contributed by atoms with van der Waals surface area (Å²) in [6.07, 6.45) is 0. The van der Waals surface area contributed by atoms with Gasteiger partial charge in [0.25, 0.3) is 0 Å². The Morgan fingerprint density at radius 2 is 1.70 bits per heavy atom. The Bertz CT molecular complexity index is 520.